The summed E-state index contributed by atoms with van der Waals surface area (Å²) in [6, 6.07) is 6.93. The summed E-state index contributed by atoms with van der Waals surface area (Å²) in [5.41, 5.74) is 0.473. The Morgan fingerprint density at radius 3 is 2.43 bits per heavy atom. The van der Waals surface area contributed by atoms with Crippen LogP contribution in [-0.2, 0) is 21.2 Å². The Balaban J connectivity index is 1.47. The van der Waals surface area contributed by atoms with Crippen LogP contribution in [0, 0.1) is 6.92 Å². The molecule has 3 heterocycles. The molecule has 0 atom stereocenters. The SMILES string of the molecule is Cc1[nH]c(=O)sc1S(=O)(=O)N1CCN(C(=O)Cc2n[nH]c(=O)c3ccccc23)CC1. The van der Waals surface area contributed by atoms with Gasteiger partial charge in [-0.15, -0.1) is 0 Å². The van der Waals surface area contributed by atoms with E-state index in [2.05, 4.69) is 15.2 Å². The first-order chi connectivity index (χ1) is 14.3. The van der Waals surface area contributed by atoms with Gasteiger partial charge in [-0.2, -0.15) is 9.40 Å². The summed E-state index contributed by atoms with van der Waals surface area (Å²) < 4.78 is 26.9. The molecule has 2 aromatic heterocycles. The van der Waals surface area contributed by atoms with Crippen molar-refractivity contribution in [2.24, 2.45) is 0 Å². The molecule has 1 aliphatic heterocycles. The lowest BCUT2D eigenvalue weighted by Gasteiger charge is -2.33. The zero-order valence-corrected chi connectivity index (χ0v) is 17.7. The van der Waals surface area contributed by atoms with Gasteiger partial charge in [-0.25, -0.2) is 13.5 Å². The van der Waals surface area contributed by atoms with E-state index in [0.717, 1.165) is 0 Å². The number of nitrogens with zero attached hydrogens (tertiary/aromatic N) is 3. The minimum absolute atomic E-state index is 0.00256. The maximum Gasteiger partial charge on any atom is 0.305 e. The number of H-pyrrole nitrogens is 2. The molecule has 0 saturated carbocycles. The molecule has 0 bridgehead atoms. The summed E-state index contributed by atoms with van der Waals surface area (Å²) in [5, 5.41) is 7.52. The highest BCUT2D eigenvalue weighted by Gasteiger charge is 2.32. The molecule has 1 fully saturated rings. The van der Waals surface area contributed by atoms with E-state index in [0.29, 0.717) is 33.5 Å². The lowest BCUT2D eigenvalue weighted by Crippen LogP contribution is -2.50. The highest BCUT2D eigenvalue weighted by molar-refractivity contribution is 7.91. The number of hydrogen-bond acceptors (Lipinski definition) is 7. The zero-order chi connectivity index (χ0) is 21.5. The number of piperazine rings is 1. The van der Waals surface area contributed by atoms with Crippen LogP contribution in [0.15, 0.2) is 38.1 Å². The van der Waals surface area contributed by atoms with Crippen LogP contribution >= 0.6 is 11.3 Å². The average molecular weight is 450 g/mol. The Labute approximate surface area is 175 Å². The number of aryl methyl sites for hydroxylation is 1. The van der Waals surface area contributed by atoms with Crippen molar-refractivity contribution in [3.63, 3.8) is 0 Å². The molecule has 12 heteroatoms. The smallest absolute Gasteiger partial charge is 0.305 e. The van der Waals surface area contributed by atoms with E-state index in [4.69, 9.17) is 0 Å². The standard InChI is InChI=1S/C18H19N5O5S2/c1-11-17(29-18(26)19-11)30(27,28)23-8-6-22(7-9-23)15(24)10-14-12-4-2-3-5-13(12)16(25)21-20-14/h2-5H,6-10H2,1H3,(H,19,26)(H,21,25). The number of benzene rings is 1. The van der Waals surface area contributed by atoms with Gasteiger partial charge in [0, 0.05) is 37.3 Å². The zero-order valence-electron chi connectivity index (χ0n) is 16.0. The van der Waals surface area contributed by atoms with E-state index in [1.165, 1.54) is 4.31 Å². The maximum atomic E-state index is 12.8. The predicted octanol–water partition coefficient (Wildman–Crippen LogP) is 0.0569. The molecule has 30 heavy (non-hydrogen) atoms. The van der Waals surface area contributed by atoms with Crippen LogP contribution in [0.5, 0.6) is 0 Å². The molecular weight excluding hydrogens is 430 g/mol. The van der Waals surface area contributed by atoms with Crippen LogP contribution in [0.2, 0.25) is 0 Å². The van der Waals surface area contributed by atoms with Crippen molar-refractivity contribution < 1.29 is 13.2 Å². The highest BCUT2D eigenvalue weighted by Crippen LogP contribution is 2.22. The molecule has 158 valence electrons. The molecule has 0 spiro atoms. The number of aromatic nitrogens is 3. The Morgan fingerprint density at radius 2 is 1.80 bits per heavy atom. The maximum absolute atomic E-state index is 12.8. The number of rotatable bonds is 4. The quantitative estimate of drug-likeness (QED) is 0.578. The number of hydrogen-bond donors (Lipinski definition) is 2. The van der Waals surface area contributed by atoms with Gasteiger partial charge in [0.05, 0.1) is 17.5 Å². The minimum Gasteiger partial charge on any atom is -0.340 e. The van der Waals surface area contributed by atoms with Crippen molar-refractivity contribution in [3.8, 4) is 0 Å². The van der Waals surface area contributed by atoms with Gasteiger partial charge < -0.3 is 9.88 Å². The van der Waals surface area contributed by atoms with Crippen molar-refractivity contribution in [3.05, 3.63) is 55.7 Å². The van der Waals surface area contributed by atoms with Crippen LogP contribution in [0.1, 0.15) is 11.4 Å². The third-order valence-corrected chi connectivity index (χ3v) is 8.52. The van der Waals surface area contributed by atoms with Gasteiger partial charge in [-0.3, -0.25) is 14.4 Å². The Morgan fingerprint density at radius 1 is 1.13 bits per heavy atom. The molecule has 4 rings (SSSR count). The summed E-state index contributed by atoms with van der Waals surface area (Å²) >= 11 is 0.668. The Hall–Kier alpha value is -2.83. The van der Waals surface area contributed by atoms with E-state index < -0.39 is 14.9 Å². The third kappa shape index (κ3) is 3.68. The lowest BCUT2D eigenvalue weighted by molar-refractivity contribution is -0.131. The molecule has 1 aromatic carbocycles. The van der Waals surface area contributed by atoms with Crippen molar-refractivity contribution in [1.29, 1.82) is 0 Å². The topological polar surface area (TPSA) is 136 Å². The Bertz CT molecular complexity index is 1330. The Kier molecular flexibility index (Phi) is 5.30. The van der Waals surface area contributed by atoms with E-state index in [9.17, 15) is 22.8 Å². The van der Waals surface area contributed by atoms with Gasteiger partial charge in [0.25, 0.3) is 15.6 Å². The molecule has 2 N–H and O–H groups in total. The fourth-order valence-corrected chi connectivity index (χ4v) is 6.35. The van der Waals surface area contributed by atoms with Crippen LogP contribution < -0.4 is 10.4 Å². The minimum atomic E-state index is -3.78. The van der Waals surface area contributed by atoms with Crippen molar-refractivity contribution >= 4 is 38.0 Å². The van der Waals surface area contributed by atoms with Gasteiger partial charge in [0.2, 0.25) is 5.91 Å². The molecule has 10 nitrogen and oxygen atoms in total. The van der Waals surface area contributed by atoms with Crippen molar-refractivity contribution in [2.45, 2.75) is 17.6 Å². The first-order valence-corrected chi connectivity index (χ1v) is 11.5. The van der Waals surface area contributed by atoms with Crippen molar-refractivity contribution in [1.82, 2.24) is 24.4 Å². The molecule has 1 amide bonds. The number of fused-ring (bicyclic) bond motifs is 1. The van der Waals surface area contributed by atoms with Crippen LogP contribution in [0.4, 0.5) is 0 Å². The second-order valence-electron chi connectivity index (χ2n) is 6.93. The largest absolute Gasteiger partial charge is 0.340 e. The van der Waals surface area contributed by atoms with Gasteiger partial charge >= 0.3 is 4.87 Å². The molecule has 0 radical (unpaired) electrons. The number of carbonyl (C=O) groups excluding carboxylic acids is 1. The first kappa shape index (κ1) is 20.4. The normalized spacial score (nSPS) is 15.6. The summed E-state index contributed by atoms with van der Waals surface area (Å²) in [6.07, 6.45) is 0.00256. The number of thiazole rings is 1. The number of amides is 1. The van der Waals surface area contributed by atoms with Crippen LogP contribution in [0.25, 0.3) is 10.8 Å². The van der Waals surface area contributed by atoms with Gasteiger partial charge in [0.1, 0.15) is 0 Å². The third-order valence-electron chi connectivity index (χ3n) is 5.04. The lowest BCUT2D eigenvalue weighted by atomic mass is 10.1. The molecular formula is C18H19N5O5S2. The van der Waals surface area contributed by atoms with E-state index >= 15 is 0 Å². The fourth-order valence-electron chi connectivity index (χ4n) is 3.49. The van der Waals surface area contributed by atoms with Gasteiger partial charge in [-0.1, -0.05) is 29.5 Å². The molecule has 1 aliphatic rings. The van der Waals surface area contributed by atoms with Gasteiger partial charge in [0.15, 0.2) is 4.21 Å². The number of carbonyl (C=O) groups is 1. The van der Waals surface area contributed by atoms with Gasteiger partial charge in [-0.05, 0) is 13.0 Å². The van der Waals surface area contributed by atoms with E-state index in [1.807, 2.05) is 0 Å². The molecule has 0 unspecified atom stereocenters. The number of sulfonamides is 1. The summed E-state index contributed by atoms with van der Waals surface area (Å²) in [4.78, 5) is 39.8. The van der Waals surface area contributed by atoms with E-state index in [-0.39, 0.29) is 48.3 Å². The van der Waals surface area contributed by atoms with Crippen LogP contribution in [-0.4, -0.2) is 64.9 Å². The molecule has 1 saturated heterocycles. The predicted molar refractivity (Wildman–Crippen MR) is 111 cm³/mol. The second-order valence-corrected chi connectivity index (χ2v) is 10.0. The fraction of sp³-hybridized carbons (Fsp3) is 0.333. The highest BCUT2D eigenvalue weighted by atomic mass is 32.2. The second kappa shape index (κ2) is 7.78. The summed E-state index contributed by atoms with van der Waals surface area (Å²) in [7, 11) is -3.78. The summed E-state index contributed by atoms with van der Waals surface area (Å²) in [6.45, 7) is 2.29. The monoisotopic (exact) mass is 449 g/mol. The average Bonchev–Trinajstić information content (AvgIpc) is 3.09. The number of aromatic amines is 2. The van der Waals surface area contributed by atoms with Crippen LogP contribution in [0.3, 0.4) is 0 Å². The number of nitrogens with one attached hydrogen (secondary N) is 2. The summed E-state index contributed by atoms with van der Waals surface area (Å²) in [5.74, 6) is -0.195. The molecule has 3 aromatic rings. The van der Waals surface area contributed by atoms with E-state index in [1.54, 1.807) is 36.1 Å². The van der Waals surface area contributed by atoms with Crippen molar-refractivity contribution in [2.75, 3.05) is 26.2 Å². The first-order valence-electron chi connectivity index (χ1n) is 9.21. The molecule has 0 aliphatic carbocycles.